The molecule has 0 aromatic carbocycles. The highest BCUT2D eigenvalue weighted by Crippen LogP contribution is 2.28. The van der Waals surface area contributed by atoms with Crippen LogP contribution in [0.1, 0.15) is 58.3 Å². The zero-order valence-electron chi connectivity index (χ0n) is 13.8. The molecule has 126 valence electrons. The molecule has 1 unspecified atom stereocenters. The Labute approximate surface area is 133 Å². The summed E-state index contributed by atoms with van der Waals surface area (Å²) < 4.78 is 0. The fraction of sp³-hybridized carbons (Fsp3) is 0.882. The molecule has 1 heterocycles. The highest BCUT2D eigenvalue weighted by molar-refractivity contribution is 5.79. The van der Waals surface area contributed by atoms with Crippen molar-refractivity contribution in [3.63, 3.8) is 0 Å². The maximum absolute atomic E-state index is 11.7. The molecule has 2 fully saturated rings. The van der Waals surface area contributed by atoms with Crippen LogP contribution in [0.4, 0.5) is 0 Å². The standard InChI is InChI=1S/C17H30N2O3/c1-14(20)19(13-17(21)22)16-7-4-10-18(12-9-16)11-8-15-5-2-3-6-15/h15-16H,2-13H2,1H3,(H,21,22). The number of aliphatic carboxylic acids is 1. The van der Waals surface area contributed by atoms with Crippen LogP contribution in [0.3, 0.4) is 0 Å². The van der Waals surface area contributed by atoms with Crippen molar-refractivity contribution in [2.24, 2.45) is 5.92 Å². The van der Waals surface area contributed by atoms with Crippen LogP contribution in [-0.4, -0.2) is 59.0 Å². The Bertz CT molecular complexity index is 380. The van der Waals surface area contributed by atoms with Crippen molar-refractivity contribution >= 4 is 11.9 Å². The van der Waals surface area contributed by atoms with E-state index >= 15 is 0 Å². The van der Waals surface area contributed by atoms with E-state index in [1.54, 1.807) is 4.90 Å². The molecule has 0 bridgehead atoms. The van der Waals surface area contributed by atoms with Gasteiger partial charge in [-0.2, -0.15) is 0 Å². The number of hydrogen-bond donors (Lipinski definition) is 1. The second-order valence-electron chi connectivity index (χ2n) is 6.91. The Morgan fingerprint density at radius 1 is 1.09 bits per heavy atom. The third kappa shape index (κ3) is 5.27. The van der Waals surface area contributed by atoms with Crippen LogP contribution < -0.4 is 0 Å². The van der Waals surface area contributed by atoms with Gasteiger partial charge in [0.15, 0.2) is 0 Å². The third-order valence-electron chi connectivity index (χ3n) is 5.27. The number of carboxylic acid groups (broad SMARTS) is 1. The van der Waals surface area contributed by atoms with Crippen LogP contribution in [0, 0.1) is 5.92 Å². The molecule has 1 saturated carbocycles. The first-order valence-electron chi connectivity index (χ1n) is 8.77. The van der Waals surface area contributed by atoms with Gasteiger partial charge in [-0.05, 0) is 44.7 Å². The monoisotopic (exact) mass is 310 g/mol. The first-order chi connectivity index (χ1) is 10.6. The van der Waals surface area contributed by atoms with Crippen LogP contribution in [0.2, 0.25) is 0 Å². The lowest BCUT2D eigenvalue weighted by atomic mass is 10.0. The molecule has 2 rings (SSSR count). The van der Waals surface area contributed by atoms with Gasteiger partial charge in [-0.1, -0.05) is 25.7 Å². The number of nitrogens with zero attached hydrogens (tertiary/aromatic N) is 2. The minimum atomic E-state index is -0.919. The Hall–Kier alpha value is -1.10. The van der Waals surface area contributed by atoms with E-state index in [-0.39, 0.29) is 18.5 Å². The molecule has 1 atom stereocenters. The van der Waals surface area contributed by atoms with Gasteiger partial charge in [0.1, 0.15) is 6.54 Å². The quantitative estimate of drug-likeness (QED) is 0.818. The summed E-state index contributed by atoms with van der Waals surface area (Å²) in [7, 11) is 0. The molecule has 1 saturated heterocycles. The van der Waals surface area contributed by atoms with E-state index in [0.717, 1.165) is 44.8 Å². The van der Waals surface area contributed by atoms with Gasteiger partial charge < -0.3 is 14.9 Å². The average Bonchev–Trinajstić information content (AvgIpc) is 2.87. The molecule has 1 aliphatic heterocycles. The number of carboxylic acids is 1. The summed E-state index contributed by atoms with van der Waals surface area (Å²) in [5, 5.41) is 8.99. The number of rotatable bonds is 6. The van der Waals surface area contributed by atoms with E-state index in [1.165, 1.54) is 39.0 Å². The fourth-order valence-electron chi connectivity index (χ4n) is 3.98. The van der Waals surface area contributed by atoms with Crippen molar-refractivity contribution < 1.29 is 14.7 Å². The zero-order valence-corrected chi connectivity index (χ0v) is 13.8. The second-order valence-corrected chi connectivity index (χ2v) is 6.91. The first-order valence-corrected chi connectivity index (χ1v) is 8.77. The summed E-state index contributed by atoms with van der Waals surface area (Å²) in [6.07, 6.45) is 9.77. The van der Waals surface area contributed by atoms with Gasteiger partial charge in [0.05, 0.1) is 0 Å². The molecule has 1 amide bonds. The van der Waals surface area contributed by atoms with E-state index in [1.807, 2.05) is 0 Å². The summed E-state index contributed by atoms with van der Waals surface area (Å²) in [6, 6.07) is 0.0880. The Balaban J connectivity index is 1.79. The summed E-state index contributed by atoms with van der Waals surface area (Å²) in [5.41, 5.74) is 0. The smallest absolute Gasteiger partial charge is 0.323 e. The van der Waals surface area contributed by atoms with Gasteiger partial charge in [-0.3, -0.25) is 9.59 Å². The van der Waals surface area contributed by atoms with Crippen LogP contribution in [-0.2, 0) is 9.59 Å². The van der Waals surface area contributed by atoms with E-state index < -0.39 is 5.97 Å². The van der Waals surface area contributed by atoms with Crippen molar-refractivity contribution in [3.8, 4) is 0 Å². The summed E-state index contributed by atoms with van der Waals surface area (Å²) >= 11 is 0. The van der Waals surface area contributed by atoms with Gasteiger partial charge in [-0.15, -0.1) is 0 Å². The lowest BCUT2D eigenvalue weighted by molar-refractivity contribution is -0.145. The predicted octanol–water partition coefficient (Wildman–Crippen LogP) is 2.35. The Kier molecular flexibility index (Phi) is 6.68. The van der Waals surface area contributed by atoms with E-state index in [0.29, 0.717) is 0 Å². The molecule has 22 heavy (non-hydrogen) atoms. The maximum Gasteiger partial charge on any atom is 0.323 e. The lowest BCUT2D eigenvalue weighted by Gasteiger charge is -2.29. The molecule has 1 aliphatic carbocycles. The van der Waals surface area contributed by atoms with Crippen LogP contribution in [0.5, 0.6) is 0 Å². The van der Waals surface area contributed by atoms with Crippen molar-refractivity contribution in [3.05, 3.63) is 0 Å². The molecular formula is C17H30N2O3. The topological polar surface area (TPSA) is 60.9 Å². The van der Waals surface area contributed by atoms with Crippen LogP contribution >= 0.6 is 0 Å². The van der Waals surface area contributed by atoms with Crippen LogP contribution in [0.15, 0.2) is 0 Å². The normalized spacial score (nSPS) is 24.1. The minimum absolute atomic E-state index is 0.0880. The second kappa shape index (κ2) is 8.51. The highest BCUT2D eigenvalue weighted by Gasteiger charge is 2.26. The van der Waals surface area contributed by atoms with Crippen molar-refractivity contribution in [2.75, 3.05) is 26.2 Å². The number of carbonyl (C=O) groups excluding carboxylic acids is 1. The number of amides is 1. The predicted molar refractivity (Wildman–Crippen MR) is 85.7 cm³/mol. The third-order valence-corrected chi connectivity index (χ3v) is 5.27. The fourth-order valence-corrected chi connectivity index (χ4v) is 3.98. The molecule has 0 spiro atoms. The Morgan fingerprint density at radius 3 is 2.45 bits per heavy atom. The van der Waals surface area contributed by atoms with E-state index in [2.05, 4.69) is 4.90 Å². The molecule has 0 aromatic rings. The van der Waals surface area contributed by atoms with E-state index in [4.69, 9.17) is 5.11 Å². The molecule has 5 nitrogen and oxygen atoms in total. The summed E-state index contributed by atoms with van der Waals surface area (Å²) in [6.45, 7) is 4.55. The summed E-state index contributed by atoms with van der Waals surface area (Å²) in [4.78, 5) is 26.7. The highest BCUT2D eigenvalue weighted by atomic mass is 16.4. The average molecular weight is 310 g/mol. The van der Waals surface area contributed by atoms with Crippen molar-refractivity contribution in [2.45, 2.75) is 64.3 Å². The van der Waals surface area contributed by atoms with Gasteiger partial charge in [-0.25, -0.2) is 0 Å². The van der Waals surface area contributed by atoms with Gasteiger partial charge in [0, 0.05) is 19.5 Å². The number of carbonyl (C=O) groups is 2. The SMILES string of the molecule is CC(=O)N(CC(=O)O)C1CCCN(CCC2CCCC2)CC1. The maximum atomic E-state index is 11.7. The van der Waals surface area contributed by atoms with Crippen LogP contribution in [0.25, 0.3) is 0 Å². The van der Waals surface area contributed by atoms with E-state index in [9.17, 15) is 9.59 Å². The molecule has 0 radical (unpaired) electrons. The van der Waals surface area contributed by atoms with Gasteiger partial charge in [0.2, 0.25) is 5.91 Å². The minimum Gasteiger partial charge on any atom is -0.480 e. The molecule has 0 aromatic heterocycles. The number of hydrogen-bond acceptors (Lipinski definition) is 3. The molecular weight excluding hydrogens is 280 g/mol. The molecule has 1 N–H and O–H groups in total. The largest absolute Gasteiger partial charge is 0.480 e. The van der Waals surface area contributed by atoms with Gasteiger partial charge in [0.25, 0.3) is 0 Å². The first kappa shape index (κ1) is 17.3. The Morgan fingerprint density at radius 2 is 1.82 bits per heavy atom. The number of likely N-dealkylation sites (tertiary alicyclic amines) is 1. The molecule has 5 heteroatoms. The van der Waals surface area contributed by atoms with Crippen molar-refractivity contribution in [1.82, 2.24) is 9.80 Å². The van der Waals surface area contributed by atoms with Gasteiger partial charge >= 0.3 is 5.97 Å². The molecule has 2 aliphatic rings. The van der Waals surface area contributed by atoms with Crippen molar-refractivity contribution in [1.29, 1.82) is 0 Å². The lowest BCUT2D eigenvalue weighted by Crippen LogP contribution is -2.42. The zero-order chi connectivity index (χ0) is 15.9. The summed E-state index contributed by atoms with van der Waals surface area (Å²) in [5.74, 6) is -0.121.